The van der Waals surface area contributed by atoms with Gasteiger partial charge in [0.25, 0.3) is 0 Å². The van der Waals surface area contributed by atoms with Crippen molar-refractivity contribution in [3.05, 3.63) is 47.0 Å². The largest absolute Gasteiger partial charge is 0.494 e. The molecule has 0 unspecified atom stereocenters. The highest BCUT2D eigenvalue weighted by atomic mass is 32.1. The number of amides is 1. The number of benzene rings is 1. The van der Waals surface area contributed by atoms with Crippen LogP contribution >= 0.6 is 11.3 Å². The topological polar surface area (TPSA) is 51.2 Å². The summed E-state index contributed by atoms with van der Waals surface area (Å²) in [5, 5.41) is 3.05. The zero-order valence-corrected chi connectivity index (χ0v) is 12.9. The third-order valence-electron chi connectivity index (χ3n) is 2.64. The summed E-state index contributed by atoms with van der Waals surface area (Å²) in [7, 11) is 0. The number of nitrogens with zero attached hydrogens (tertiary/aromatic N) is 1. The quantitative estimate of drug-likeness (QED) is 0.828. The summed E-state index contributed by atoms with van der Waals surface area (Å²) < 4.78 is 42.5. The molecule has 0 bridgehead atoms. The van der Waals surface area contributed by atoms with Crippen LogP contribution < -0.4 is 10.1 Å². The van der Waals surface area contributed by atoms with E-state index in [9.17, 15) is 18.0 Å². The minimum atomic E-state index is -4.52. The molecule has 0 aliphatic heterocycles. The van der Waals surface area contributed by atoms with Crippen LogP contribution in [-0.4, -0.2) is 17.5 Å². The van der Waals surface area contributed by atoms with Crippen LogP contribution in [0.2, 0.25) is 0 Å². The van der Waals surface area contributed by atoms with Crippen molar-refractivity contribution in [3.8, 4) is 5.75 Å². The van der Waals surface area contributed by atoms with Crippen molar-refractivity contribution in [2.75, 3.05) is 11.9 Å². The van der Waals surface area contributed by atoms with Crippen LogP contribution in [-0.2, 0) is 11.0 Å². The second-order valence-electron chi connectivity index (χ2n) is 4.36. The molecular formula is C15H13F3N2O2S. The number of rotatable bonds is 5. The minimum absolute atomic E-state index is 0.0985. The van der Waals surface area contributed by atoms with E-state index in [4.69, 9.17) is 4.74 Å². The summed E-state index contributed by atoms with van der Waals surface area (Å²) in [6, 6.07) is 7.05. The van der Waals surface area contributed by atoms with E-state index in [1.165, 1.54) is 6.08 Å². The molecular weight excluding hydrogens is 329 g/mol. The van der Waals surface area contributed by atoms with Crippen LogP contribution in [0, 0.1) is 0 Å². The minimum Gasteiger partial charge on any atom is -0.494 e. The van der Waals surface area contributed by atoms with Crippen molar-refractivity contribution in [3.63, 3.8) is 0 Å². The molecule has 1 heterocycles. The van der Waals surface area contributed by atoms with E-state index in [-0.39, 0.29) is 5.13 Å². The zero-order valence-electron chi connectivity index (χ0n) is 12.1. The van der Waals surface area contributed by atoms with Gasteiger partial charge in [0.1, 0.15) is 5.75 Å². The molecule has 0 spiro atoms. The molecule has 2 aromatic rings. The maximum atomic E-state index is 12.4. The van der Waals surface area contributed by atoms with Gasteiger partial charge < -0.3 is 4.74 Å². The van der Waals surface area contributed by atoms with E-state index in [0.717, 1.165) is 28.0 Å². The third kappa shape index (κ3) is 5.10. The van der Waals surface area contributed by atoms with Crippen molar-refractivity contribution in [1.82, 2.24) is 4.98 Å². The van der Waals surface area contributed by atoms with Gasteiger partial charge in [0, 0.05) is 11.5 Å². The summed E-state index contributed by atoms with van der Waals surface area (Å²) in [5.74, 6) is 0.165. The lowest BCUT2D eigenvalue weighted by atomic mass is 10.2. The highest BCUT2D eigenvalue weighted by Gasteiger charge is 2.33. The number of thiazole rings is 1. The fraction of sp³-hybridized carbons (Fsp3) is 0.200. The van der Waals surface area contributed by atoms with Crippen LogP contribution in [0.4, 0.5) is 18.3 Å². The van der Waals surface area contributed by atoms with E-state index in [1.807, 2.05) is 6.92 Å². The molecule has 8 heteroatoms. The first-order chi connectivity index (χ1) is 10.9. The number of ether oxygens (including phenoxy) is 1. The molecule has 1 aromatic carbocycles. The molecule has 0 radical (unpaired) electrons. The Morgan fingerprint density at radius 3 is 2.61 bits per heavy atom. The van der Waals surface area contributed by atoms with Gasteiger partial charge in [-0.25, -0.2) is 4.98 Å². The summed E-state index contributed by atoms with van der Waals surface area (Å²) in [6.45, 7) is 2.44. The lowest BCUT2D eigenvalue weighted by Crippen LogP contribution is -2.09. The van der Waals surface area contributed by atoms with E-state index >= 15 is 0 Å². The second-order valence-corrected chi connectivity index (χ2v) is 5.22. The predicted octanol–water partition coefficient (Wildman–Crippen LogP) is 4.21. The number of carbonyl (C=O) groups excluding carboxylic acids is 1. The number of halogens is 3. The van der Waals surface area contributed by atoms with Gasteiger partial charge in [-0.15, -0.1) is 11.3 Å². The van der Waals surface area contributed by atoms with Crippen molar-refractivity contribution < 1.29 is 22.7 Å². The maximum Gasteiger partial charge on any atom is 0.434 e. The highest BCUT2D eigenvalue weighted by molar-refractivity contribution is 7.14. The van der Waals surface area contributed by atoms with Crippen LogP contribution in [0.15, 0.2) is 35.7 Å². The van der Waals surface area contributed by atoms with E-state index in [2.05, 4.69) is 10.3 Å². The third-order valence-corrected chi connectivity index (χ3v) is 3.40. The molecule has 1 aromatic heterocycles. The van der Waals surface area contributed by atoms with E-state index in [1.54, 1.807) is 30.3 Å². The van der Waals surface area contributed by atoms with E-state index in [0.29, 0.717) is 6.61 Å². The predicted molar refractivity (Wildman–Crippen MR) is 82.4 cm³/mol. The van der Waals surface area contributed by atoms with E-state index < -0.39 is 17.8 Å². The summed E-state index contributed by atoms with van der Waals surface area (Å²) >= 11 is 0.720. The highest BCUT2D eigenvalue weighted by Crippen LogP contribution is 2.31. The molecule has 122 valence electrons. The average molecular weight is 342 g/mol. The van der Waals surface area contributed by atoms with Crippen molar-refractivity contribution >= 4 is 28.5 Å². The van der Waals surface area contributed by atoms with Gasteiger partial charge in [-0.2, -0.15) is 13.2 Å². The molecule has 4 nitrogen and oxygen atoms in total. The van der Waals surface area contributed by atoms with Gasteiger partial charge >= 0.3 is 6.18 Å². The number of carbonyl (C=O) groups is 1. The van der Waals surface area contributed by atoms with Crippen molar-refractivity contribution in [2.24, 2.45) is 0 Å². The Hall–Kier alpha value is -2.35. The molecule has 1 N–H and O–H groups in total. The van der Waals surface area contributed by atoms with Crippen molar-refractivity contribution in [1.29, 1.82) is 0 Å². The Bertz CT molecular complexity index is 693. The number of hydrogen-bond donors (Lipinski definition) is 1. The number of aromatic nitrogens is 1. The normalized spacial score (nSPS) is 11.7. The molecule has 0 aliphatic rings. The number of hydrogen-bond acceptors (Lipinski definition) is 4. The van der Waals surface area contributed by atoms with Gasteiger partial charge in [0.05, 0.1) is 6.61 Å². The number of nitrogens with one attached hydrogen (secondary N) is 1. The van der Waals surface area contributed by atoms with Gasteiger partial charge in [-0.3, -0.25) is 10.1 Å². The van der Waals surface area contributed by atoms with Gasteiger partial charge in [-0.05, 0) is 30.7 Å². The first-order valence-electron chi connectivity index (χ1n) is 6.63. The standard InChI is InChI=1S/C15H13F3N2O2S/c1-2-22-11-6-3-10(4-7-11)5-8-13(21)20-14-19-12(9-23-14)15(16,17)18/h3-9H,2H2,1H3,(H,19,20,21)/b8-5+. The molecule has 0 fully saturated rings. The van der Waals surface area contributed by atoms with Crippen LogP contribution in [0.1, 0.15) is 18.2 Å². The second kappa shape index (κ2) is 7.28. The molecule has 0 saturated heterocycles. The fourth-order valence-electron chi connectivity index (χ4n) is 1.62. The first kappa shape index (κ1) is 17.0. The summed E-state index contributed by atoms with van der Waals surface area (Å²) in [4.78, 5) is 15.0. The molecule has 0 aliphatic carbocycles. The Morgan fingerprint density at radius 2 is 2.04 bits per heavy atom. The molecule has 23 heavy (non-hydrogen) atoms. The van der Waals surface area contributed by atoms with Gasteiger partial charge in [0.2, 0.25) is 5.91 Å². The number of alkyl halides is 3. The number of anilines is 1. The van der Waals surface area contributed by atoms with Crippen LogP contribution in [0.25, 0.3) is 6.08 Å². The van der Waals surface area contributed by atoms with Crippen LogP contribution in [0.3, 0.4) is 0 Å². The molecule has 1 amide bonds. The first-order valence-corrected chi connectivity index (χ1v) is 7.51. The van der Waals surface area contributed by atoms with Gasteiger partial charge in [0.15, 0.2) is 10.8 Å². The Balaban J connectivity index is 1.95. The Labute approximate surface area is 134 Å². The maximum absolute atomic E-state index is 12.4. The summed E-state index contributed by atoms with van der Waals surface area (Å²) in [6.07, 6.45) is -1.74. The SMILES string of the molecule is CCOc1ccc(/C=C/C(=O)Nc2nc(C(F)(F)F)cs2)cc1. The molecule has 2 rings (SSSR count). The monoisotopic (exact) mass is 342 g/mol. The van der Waals surface area contributed by atoms with Crippen molar-refractivity contribution in [2.45, 2.75) is 13.1 Å². The van der Waals surface area contributed by atoms with Crippen LogP contribution in [0.5, 0.6) is 5.75 Å². The Morgan fingerprint density at radius 1 is 1.35 bits per heavy atom. The summed E-state index contributed by atoms with van der Waals surface area (Å²) in [5.41, 5.74) is -0.257. The zero-order chi connectivity index (χ0) is 16.9. The lowest BCUT2D eigenvalue weighted by Gasteiger charge is -2.02. The smallest absolute Gasteiger partial charge is 0.434 e. The molecule has 0 saturated carbocycles. The van der Waals surface area contributed by atoms with Gasteiger partial charge in [-0.1, -0.05) is 12.1 Å². The molecule has 0 atom stereocenters. The Kier molecular flexibility index (Phi) is 5.38. The fourth-order valence-corrected chi connectivity index (χ4v) is 2.34. The average Bonchev–Trinajstić information content (AvgIpc) is 2.95. The lowest BCUT2D eigenvalue weighted by molar-refractivity contribution is -0.140.